The molecule has 2 heterocycles. The monoisotopic (exact) mass is 383 g/mol. The minimum absolute atomic E-state index is 0.489. The van der Waals surface area contributed by atoms with Crippen LogP contribution in [0.15, 0.2) is 72.8 Å². The minimum Gasteiger partial charge on any atom is -0.317 e. The second kappa shape index (κ2) is 5.52. The van der Waals surface area contributed by atoms with E-state index in [9.17, 15) is 0 Å². The Morgan fingerprint density at radius 2 is 1.44 bits per heavy atom. The predicted octanol–water partition coefficient (Wildman–Crippen LogP) is 6.89. The molecule has 2 aromatic heterocycles. The number of thiophene rings is 2. The second-order valence-electron chi connectivity index (χ2n) is 7.20. The normalized spacial score (nSPS) is 19.1. The highest BCUT2D eigenvalue weighted by Crippen LogP contribution is 2.48. The average molecular weight is 384 g/mol. The van der Waals surface area contributed by atoms with Gasteiger partial charge in [-0.05, 0) is 35.7 Å². The van der Waals surface area contributed by atoms with Crippen LogP contribution in [0.5, 0.6) is 0 Å². The zero-order chi connectivity index (χ0) is 18.0. The lowest BCUT2D eigenvalue weighted by Gasteiger charge is -2.32. The Morgan fingerprint density at radius 1 is 0.741 bits per heavy atom. The molecule has 5 aromatic rings. The van der Waals surface area contributed by atoms with Gasteiger partial charge in [0.05, 0.1) is 5.54 Å². The predicted molar refractivity (Wildman–Crippen MR) is 120 cm³/mol. The molecule has 0 saturated heterocycles. The summed E-state index contributed by atoms with van der Waals surface area (Å²) in [6, 6.07) is 23.9. The van der Waals surface area contributed by atoms with Gasteiger partial charge < -0.3 is 5.73 Å². The molecule has 3 heteroatoms. The molecule has 130 valence electrons. The molecule has 3 aromatic carbocycles. The number of benzene rings is 3. The van der Waals surface area contributed by atoms with E-state index < -0.39 is 5.54 Å². The molecule has 1 aliphatic rings. The summed E-state index contributed by atoms with van der Waals surface area (Å²) in [6.45, 7) is 0. The van der Waals surface area contributed by atoms with E-state index in [0.29, 0.717) is 0 Å². The Bertz CT molecular complexity index is 1370. The lowest BCUT2D eigenvalue weighted by atomic mass is 9.79. The summed E-state index contributed by atoms with van der Waals surface area (Å²) in [7, 11) is 0. The van der Waals surface area contributed by atoms with Crippen molar-refractivity contribution in [3.8, 4) is 0 Å². The van der Waals surface area contributed by atoms with E-state index in [1.807, 2.05) is 22.7 Å². The van der Waals surface area contributed by atoms with Gasteiger partial charge in [0.2, 0.25) is 0 Å². The van der Waals surface area contributed by atoms with Gasteiger partial charge in [0.15, 0.2) is 0 Å². The summed E-state index contributed by atoms with van der Waals surface area (Å²) in [5.74, 6) is 0. The number of rotatable bonds is 1. The van der Waals surface area contributed by atoms with Crippen LogP contribution in [0.2, 0.25) is 0 Å². The zero-order valence-corrected chi connectivity index (χ0v) is 16.2. The van der Waals surface area contributed by atoms with Gasteiger partial charge in [-0.2, -0.15) is 0 Å². The molecule has 1 nitrogen and oxygen atoms in total. The summed E-state index contributed by atoms with van der Waals surface area (Å²) >= 11 is 3.70. The van der Waals surface area contributed by atoms with E-state index >= 15 is 0 Å². The van der Waals surface area contributed by atoms with Gasteiger partial charge in [0.1, 0.15) is 0 Å². The molecule has 0 bridgehead atoms. The number of hydrogen-bond acceptors (Lipinski definition) is 3. The third kappa shape index (κ3) is 2.08. The van der Waals surface area contributed by atoms with E-state index in [2.05, 4.69) is 78.9 Å². The molecule has 6 rings (SSSR count). The molecule has 1 unspecified atom stereocenters. The van der Waals surface area contributed by atoms with Crippen LogP contribution in [-0.2, 0) is 5.54 Å². The fraction of sp³-hybridized carbons (Fsp3) is 0.0833. The maximum absolute atomic E-state index is 7.24. The summed E-state index contributed by atoms with van der Waals surface area (Å²) in [4.78, 5) is 1.29. The first-order valence-electron chi connectivity index (χ1n) is 9.14. The third-order valence-electron chi connectivity index (χ3n) is 5.65. The van der Waals surface area contributed by atoms with Gasteiger partial charge in [0, 0.05) is 35.1 Å². The zero-order valence-electron chi connectivity index (χ0n) is 14.6. The maximum atomic E-state index is 7.24. The van der Waals surface area contributed by atoms with Crippen LogP contribution >= 0.6 is 22.7 Å². The van der Waals surface area contributed by atoms with Crippen LogP contribution in [0.4, 0.5) is 0 Å². The van der Waals surface area contributed by atoms with Crippen molar-refractivity contribution in [3.63, 3.8) is 0 Å². The van der Waals surface area contributed by atoms with Crippen LogP contribution in [0.3, 0.4) is 0 Å². The van der Waals surface area contributed by atoms with Crippen LogP contribution in [-0.4, -0.2) is 0 Å². The number of nitrogens with two attached hydrogens (primary N) is 1. The number of hydrogen-bond donors (Lipinski definition) is 1. The Balaban J connectivity index is 1.72. The van der Waals surface area contributed by atoms with Crippen LogP contribution in [0.1, 0.15) is 22.4 Å². The first kappa shape index (κ1) is 15.6. The SMILES string of the molecule is NC1(c2cccc3sc4ccccc4c23)CC=Cc2c1sc1ccccc21. The quantitative estimate of drug-likeness (QED) is 0.335. The van der Waals surface area contributed by atoms with E-state index in [1.54, 1.807) is 0 Å². The van der Waals surface area contributed by atoms with Gasteiger partial charge in [-0.25, -0.2) is 0 Å². The molecule has 0 amide bonds. The first-order valence-corrected chi connectivity index (χ1v) is 10.8. The number of fused-ring (bicyclic) bond motifs is 6. The van der Waals surface area contributed by atoms with Crippen LogP contribution in [0, 0.1) is 0 Å². The topological polar surface area (TPSA) is 26.0 Å². The standard InChI is InChI=1S/C24H17NS2/c25-24(14-6-9-16-15-7-1-3-11-19(15)27-23(16)24)18-10-5-13-21-22(18)17-8-2-4-12-20(17)26-21/h1-13H,14,25H2. The van der Waals surface area contributed by atoms with Gasteiger partial charge >= 0.3 is 0 Å². The van der Waals surface area contributed by atoms with Crippen molar-refractivity contribution in [3.05, 3.63) is 88.8 Å². The molecule has 0 fully saturated rings. The van der Waals surface area contributed by atoms with Crippen LogP contribution < -0.4 is 5.73 Å². The van der Waals surface area contributed by atoms with Crippen molar-refractivity contribution >= 4 is 59.0 Å². The van der Waals surface area contributed by atoms with Crippen LogP contribution in [0.25, 0.3) is 36.3 Å². The van der Waals surface area contributed by atoms with Crippen molar-refractivity contribution < 1.29 is 0 Å². The highest BCUT2D eigenvalue weighted by Gasteiger charge is 2.37. The summed E-state index contributed by atoms with van der Waals surface area (Å²) < 4.78 is 3.95. The van der Waals surface area contributed by atoms with E-state index in [0.717, 1.165) is 6.42 Å². The molecule has 0 spiro atoms. The lowest BCUT2D eigenvalue weighted by Crippen LogP contribution is -2.38. The summed E-state index contributed by atoms with van der Waals surface area (Å²) in [5.41, 5.74) is 9.28. The van der Waals surface area contributed by atoms with E-state index in [-0.39, 0.29) is 0 Å². The maximum Gasteiger partial charge on any atom is 0.0807 e. The van der Waals surface area contributed by atoms with E-state index in [1.165, 1.54) is 46.3 Å². The smallest absolute Gasteiger partial charge is 0.0807 e. The lowest BCUT2D eigenvalue weighted by molar-refractivity contribution is 0.559. The van der Waals surface area contributed by atoms with Gasteiger partial charge in [-0.1, -0.05) is 60.7 Å². The van der Waals surface area contributed by atoms with Gasteiger partial charge in [-0.3, -0.25) is 0 Å². The molecule has 0 aliphatic heterocycles. The second-order valence-corrected chi connectivity index (χ2v) is 9.33. The van der Waals surface area contributed by atoms with Crippen molar-refractivity contribution in [1.29, 1.82) is 0 Å². The molecule has 1 aliphatic carbocycles. The first-order chi connectivity index (χ1) is 13.3. The van der Waals surface area contributed by atoms with Gasteiger partial charge in [-0.15, -0.1) is 22.7 Å². The Hall–Kier alpha value is -2.46. The Morgan fingerprint density at radius 3 is 2.30 bits per heavy atom. The van der Waals surface area contributed by atoms with Crippen molar-refractivity contribution in [2.24, 2.45) is 5.73 Å². The summed E-state index contributed by atoms with van der Waals surface area (Å²) in [5, 5.41) is 3.94. The average Bonchev–Trinajstić information content (AvgIpc) is 3.27. The molecule has 1 atom stereocenters. The fourth-order valence-corrected chi connectivity index (χ4v) is 6.85. The molecule has 27 heavy (non-hydrogen) atoms. The Labute approximate surface area is 165 Å². The summed E-state index contributed by atoms with van der Waals surface area (Å²) in [6.07, 6.45) is 5.33. The molecule has 2 N–H and O–H groups in total. The minimum atomic E-state index is -0.489. The Kier molecular flexibility index (Phi) is 3.19. The highest BCUT2D eigenvalue weighted by atomic mass is 32.1. The molecule has 0 saturated carbocycles. The van der Waals surface area contributed by atoms with Crippen molar-refractivity contribution in [1.82, 2.24) is 0 Å². The molecule has 0 radical (unpaired) electrons. The van der Waals surface area contributed by atoms with E-state index in [4.69, 9.17) is 5.73 Å². The highest BCUT2D eigenvalue weighted by molar-refractivity contribution is 7.25. The fourth-order valence-electron chi connectivity index (χ4n) is 4.40. The van der Waals surface area contributed by atoms with Gasteiger partial charge in [0.25, 0.3) is 0 Å². The molecular formula is C24H17NS2. The largest absolute Gasteiger partial charge is 0.317 e. The van der Waals surface area contributed by atoms with Crippen molar-refractivity contribution in [2.75, 3.05) is 0 Å². The third-order valence-corrected chi connectivity index (χ3v) is 8.15. The van der Waals surface area contributed by atoms with Crippen molar-refractivity contribution in [2.45, 2.75) is 12.0 Å². The molecular weight excluding hydrogens is 366 g/mol.